The van der Waals surface area contributed by atoms with Gasteiger partial charge in [0.25, 0.3) is 5.91 Å². The van der Waals surface area contributed by atoms with Crippen molar-refractivity contribution in [2.75, 3.05) is 11.9 Å². The van der Waals surface area contributed by atoms with Gasteiger partial charge in [0.15, 0.2) is 0 Å². The predicted molar refractivity (Wildman–Crippen MR) is 113 cm³/mol. The van der Waals surface area contributed by atoms with E-state index in [1.54, 1.807) is 35.6 Å². The molecule has 0 aliphatic rings. The third kappa shape index (κ3) is 5.77. The van der Waals surface area contributed by atoms with Crippen molar-refractivity contribution in [3.63, 3.8) is 0 Å². The van der Waals surface area contributed by atoms with Crippen molar-refractivity contribution >= 4 is 28.8 Å². The highest BCUT2D eigenvalue weighted by Crippen LogP contribution is 2.15. The van der Waals surface area contributed by atoms with Crippen molar-refractivity contribution in [1.82, 2.24) is 10.6 Å². The topological polar surface area (TPSA) is 70.2 Å². The zero-order valence-electron chi connectivity index (χ0n) is 15.7. The van der Waals surface area contributed by atoms with Crippen LogP contribution >= 0.6 is 11.3 Å². The smallest absolute Gasteiger partial charge is 0.253 e. The Bertz CT molecular complexity index is 921. The number of thiophene rings is 1. The second-order valence-electron chi connectivity index (χ2n) is 6.44. The van der Waals surface area contributed by atoms with Crippen LogP contribution in [0.4, 0.5) is 5.69 Å². The Morgan fingerprint density at radius 2 is 1.71 bits per heavy atom. The molecule has 0 fully saturated rings. The number of benzene rings is 2. The molecule has 5 nitrogen and oxygen atoms in total. The number of carbonyl (C=O) groups is 2. The van der Waals surface area contributed by atoms with Crippen LogP contribution in [0.25, 0.3) is 0 Å². The second-order valence-corrected chi connectivity index (χ2v) is 7.48. The van der Waals surface area contributed by atoms with E-state index in [1.165, 1.54) is 10.4 Å². The molecule has 6 heteroatoms. The Morgan fingerprint density at radius 1 is 0.929 bits per heavy atom. The van der Waals surface area contributed by atoms with Crippen LogP contribution in [0.3, 0.4) is 0 Å². The minimum absolute atomic E-state index is 0.178. The lowest BCUT2D eigenvalue weighted by Gasteiger charge is -2.12. The Hall–Kier alpha value is -2.96. The van der Waals surface area contributed by atoms with Gasteiger partial charge in [0.05, 0.1) is 17.8 Å². The van der Waals surface area contributed by atoms with Crippen molar-refractivity contribution in [2.45, 2.75) is 20.0 Å². The maximum atomic E-state index is 12.6. The quantitative estimate of drug-likeness (QED) is 0.546. The zero-order chi connectivity index (χ0) is 19.8. The first kappa shape index (κ1) is 19.8. The average molecular weight is 394 g/mol. The highest BCUT2D eigenvalue weighted by atomic mass is 32.1. The molecule has 0 radical (unpaired) electrons. The molecule has 2 aromatic carbocycles. The average Bonchev–Trinajstić information content (AvgIpc) is 3.21. The van der Waals surface area contributed by atoms with E-state index < -0.39 is 0 Å². The van der Waals surface area contributed by atoms with Gasteiger partial charge in [0.1, 0.15) is 0 Å². The van der Waals surface area contributed by atoms with Gasteiger partial charge in [-0.25, -0.2) is 0 Å². The van der Waals surface area contributed by atoms with Gasteiger partial charge < -0.3 is 16.0 Å². The van der Waals surface area contributed by atoms with Crippen molar-refractivity contribution < 1.29 is 9.59 Å². The van der Waals surface area contributed by atoms with Crippen LogP contribution in [0.15, 0.2) is 66.0 Å². The predicted octanol–water partition coefficient (Wildman–Crippen LogP) is 3.71. The monoisotopic (exact) mass is 393 g/mol. The van der Waals surface area contributed by atoms with E-state index in [1.807, 2.05) is 48.7 Å². The minimum atomic E-state index is -0.219. The summed E-state index contributed by atoms with van der Waals surface area (Å²) in [4.78, 5) is 26.0. The van der Waals surface area contributed by atoms with Crippen LogP contribution < -0.4 is 16.0 Å². The Morgan fingerprint density at radius 3 is 2.46 bits per heavy atom. The van der Waals surface area contributed by atoms with Crippen LogP contribution in [0.5, 0.6) is 0 Å². The van der Waals surface area contributed by atoms with Crippen LogP contribution in [0.2, 0.25) is 0 Å². The summed E-state index contributed by atoms with van der Waals surface area (Å²) in [7, 11) is 0. The van der Waals surface area contributed by atoms with Crippen molar-refractivity contribution in [2.24, 2.45) is 0 Å². The number of aryl methyl sites for hydroxylation is 1. The fraction of sp³-hybridized carbons (Fsp3) is 0.182. The highest BCUT2D eigenvalue weighted by molar-refractivity contribution is 7.09. The van der Waals surface area contributed by atoms with Crippen molar-refractivity contribution in [1.29, 1.82) is 0 Å². The molecule has 144 valence electrons. The molecule has 0 saturated carbocycles. The fourth-order valence-electron chi connectivity index (χ4n) is 2.68. The first-order valence-corrected chi connectivity index (χ1v) is 9.95. The van der Waals surface area contributed by atoms with Gasteiger partial charge in [-0.1, -0.05) is 48.0 Å². The molecule has 1 heterocycles. The van der Waals surface area contributed by atoms with E-state index >= 15 is 0 Å². The molecule has 3 aromatic rings. The number of rotatable bonds is 8. The standard InChI is InChI=1S/C22H23N3O2S/c1-16-8-10-17(11-9-16)13-24-22(27)19-6-2-3-7-20(19)25-21(26)15-23-14-18-5-4-12-28-18/h2-12,23H,13-15H2,1H3,(H,24,27)(H,25,26). The Kier molecular flexibility index (Phi) is 6.94. The van der Waals surface area contributed by atoms with Crippen LogP contribution in [-0.4, -0.2) is 18.4 Å². The molecule has 0 aliphatic heterocycles. The number of anilines is 1. The van der Waals surface area contributed by atoms with E-state index in [0.29, 0.717) is 24.3 Å². The lowest BCUT2D eigenvalue weighted by molar-refractivity contribution is -0.115. The summed E-state index contributed by atoms with van der Waals surface area (Å²) in [6.07, 6.45) is 0. The number of amides is 2. The molecule has 0 aliphatic carbocycles. The van der Waals surface area contributed by atoms with E-state index in [9.17, 15) is 9.59 Å². The van der Waals surface area contributed by atoms with Gasteiger partial charge in [-0.05, 0) is 36.1 Å². The first-order chi connectivity index (χ1) is 13.6. The largest absolute Gasteiger partial charge is 0.348 e. The lowest BCUT2D eigenvalue weighted by atomic mass is 10.1. The van der Waals surface area contributed by atoms with Crippen LogP contribution in [-0.2, 0) is 17.9 Å². The van der Waals surface area contributed by atoms with Gasteiger partial charge >= 0.3 is 0 Å². The third-order valence-corrected chi connectivity index (χ3v) is 5.06. The van der Waals surface area contributed by atoms with Gasteiger partial charge in [0, 0.05) is 18.0 Å². The van der Waals surface area contributed by atoms with Gasteiger partial charge in [0.2, 0.25) is 5.91 Å². The minimum Gasteiger partial charge on any atom is -0.348 e. The summed E-state index contributed by atoms with van der Waals surface area (Å²) < 4.78 is 0. The normalized spacial score (nSPS) is 10.5. The van der Waals surface area contributed by atoms with E-state index in [2.05, 4.69) is 16.0 Å². The summed E-state index contributed by atoms with van der Waals surface area (Å²) in [5, 5.41) is 10.8. The summed E-state index contributed by atoms with van der Waals surface area (Å²) in [6, 6.07) is 19.0. The molecule has 28 heavy (non-hydrogen) atoms. The first-order valence-electron chi connectivity index (χ1n) is 9.07. The molecule has 0 spiro atoms. The zero-order valence-corrected chi connectivity index (χ0v) is 16.5. The SMILES string of the molecule is Cc1ccc(CNC(=O)c2ccccc2NC(=O)CNCc2cccs2)cc1. The number of carbonyl (C=O) groups excluding carboxylic acids is 2. The fourth-order valence-corrected chi connectivity index (χ4v) is 3.35. The summed E-state index contributed by atoms with van der Waals surface area (Å²) in [6.45, 7) is 3.28. The molecule has 0 bridgehead atoms. The van der Waals surface area contributed by atoms with Crippen molar-refractivity contribution in [3.8, 4) is 0 Å². The molecule has 0 unspecified atom stereocenters. The molecular formula is C22H23N3O2S. The Labute approximate surface area is 168 Å². The van der Waals surface area contributed by atoms with Crippen LogP contribution in [0.1, 0.15) is 26.4 Å². The molecule has 3 N–H and O–H groups in total. The Balaban J connectivity index is 1.54. The molecule has 1 aromatic heterocycles. The van der Waals surface area contributed by atoms with Crippen molar-refractivity contribution in [3.05, 3.63) is 87.6 Å². The molecule has 2 amide bonds. The summed E-state index contributed by atoms with van der Waals surface area (Å²) in [5.74, 6) is -0.404. The van der Waals surface area contributed by atoms with Gasteiger partial charge in [-0.15, -0.1) is 11.3 Å². The van der Waals surface area contributed by atoms with Gasteiger partial charge in [-0.3, -0.25) is 9.59 Å². The number of para-hydroxylation sites is 1. The number of hydrogen-bond acceptors (Lipinski definition) is 4. The molecule has 0 atom stereocenters. The second kappa shape index (κ2) is 9.82. The maximum Gasteiger partial charge on any atom is 0.253 e. The number of nitrogens with one attached hydrogen (secondary N) is 3. The van der Waals surface area contributed by atoms with E-state index in [4.69, 9.17) is 0 Å². The summed E-state index contributed by atoms with van der Waals surface area (Å²) in [5.41, 5.74) is 3.15. The summed E-state index contributed by atoms with van der Waals surface area (Å²) >= 11 is 1.64. The highest BCUT2D eigenvalue weighted by Gasteiger charge is 2.13. The third-order valence-electron chi connectivity index (χ3n) is 4.18. The van der Waals surface area contributed by atoms with E-state index in [0.717, 1.165) is 5.56 Å². The lowest BCUT2D eigenvalue weighted by Crippen LogP contribution is -2.29. The molecular weight excluding hydrogens is 370 g/mol. The van der Waals surface area contributed by atoms with E-state index in [-0.39, 0.29) is 18.4 Å². The van der Waals surface area contributed by atoms with Crippen LogP contribution in [0, 0.1) is 6.92 Å². The van der Waals surface area contributed by atoms with Gasteiger partial charge in [-0.2, -0.15) is 0 Å². The number of hydrogen-bond donors (Lipinski definition) is 3. The molecule has 0 saturated heterocycles. The maximum absolute atomic E-state index is 12.6. The molecule has 3 rings (SSSR count).